The molecule has 0 unspecified atom stereocenters. The molecule has 0 aromatic rings. The van der Waals surface area contributed by atoms with Crippen molar-refractivity contribution in [3.63, 3.8) is 0 Å². The van der Waals surface area contributed by atoms with E-state index in [1.54, 1.807) is 0 Å². The zero-order valence-corrected chi connectivity index (χ0v) is 3.94. The summed E-state index contributed by atoms with van der Waals surface area (Å²) in [6, 6.07) is 0.141. The van der Waals surface area contributed by atoms with Crippen LogP contribution in [-0.4, -0.2) is 12.0 Å². The van der Waals surface area contributed by atoms with Gasteiger partial charge in [0.05, 0.1) is 0 Å². The molecule has 0 saturated heterocycles. The van der Waals surface area contributed by atoms with Crippen molar-refractivity contribution in [2.75, 3.05) is 6.00 Å². The third-order valence-corrected chi connectivity index (χ3v) is 0.362. The maximum Gasteiger partial charge on any atom is 0.187 e. The summed E-state index contributed by atoms with van der Waals surface area (Å²) in [5.74, 6) is 0.0324. The molecule has 0 heterocycles. The van der Waals surface area contributed by atoms with E-state index >= 15 is 0 Å². The molecule has 0 spiro atoms. The van der Waals surface area contributed by atoms with Crippen LogP contribution in [0.1, 0.15) is 0 Å². The van der Waals surface area contributed by atoms with Gasteiger partial charge in [-0.25, -0.2) is 4.99 Å². The van der Waals surface area contributed by atoms with Gasteiger partial charge in [-0.05, 0) is 0 Å². The number of aliphatic imine (C=N–C) groups is 1. The van der Waals surface area contributed by atoms with Crippen molar-refractivity contribution in [1.82, 2.24) is 0 Å². The van der Waals surface area contributed by atoms with Gasteiger partial charge in [-0.15, -0.1) is 11.6 Å². The van der Waals surface area contributed by atoms with Crippen molar-refractivity contribution in [1.29, 1.82) is 0 Å². The Morgan fingerprint density at radius 3 is 2.17 bits per heavy atom. The lowest BCUT2D eigenvalue weighted by Crippen LogP contribution is -2.22. The van der Waals surface area contributed by atoms with Crippen molar-refractivity contribution < 1.29 is 0 Å². The lowest BCUT2D eigenvalue weighted by Gasteiger charge is -1.81. The Hall–Kier alpha value is -0.440. The van der Waals surface area contributed by atoms with Gasteiger partial charge in [0.25, 0.3) is 0 Å². The standard InChI is InChI=1S/C2H6ClN3/c3-1-6-2(4)5/h1H2,(H4,4,5,6). The molecule has 0 aliphatic rings. The number of alkyl halides is 1. The molecule has 0 amide bonds. The first-order valence-corrected chi connectivity index (χ1v) is 1.92. The summed E-state index contributed by atoms with van der Waals surface area (Å²) in [5, 5.41) is 0. The van der Waals surface area contributed by atoms with E-state index in [9.17, 15) is 0 Å². The summed E-state index contributed by atoms with van der Waals surface area (Å²) in [6.45, 7) is 0. The summed E-state index contributed by atoms with van der Waals surface area (Å²) in [4.78, 5) is 3.36. The van der Waals surface area contributed by atoms with Gasteiger partial charge in [-0.1, -0.05) is 0 Å². The summed E-state index contributed by atoms with van der Waals surface area (Å²) < 4.78 is 0. The Morgan fingerprint density at radius 2 is 2.17 bits per heavy atom. The summed E-state index contributed by atoms with van der Waals surface area (Å²) in [7, 11) is 0. The Morgan fingerprint density at radius 1 is 1.67 bits per heavy atom. The van der Waals surface area contributed by atoms with E-state index < -0.39 is 0 Å². The first-order valence-electron chi connectivity index (χ1n) is 1.38. The number of guanidine groups is 1. The van der Waals surface area contributed by atoms with Crippen molar-refractivity contribution in [2.24, 2.45) is 16.5 Å². The molecule has 4 N–H and O–H groups in total. The predicted molar refractivity (Wildman–Crippen MR) is 26.5 cm³/mol. The molecule has 3 nitrogen and oxygen atoms in total. The minimum atomic E-state index is 0.0324. The minimum absolute atomic E-state index is 0.0324. The zero-order valence-electron chi connectivity index (χ0n) is 3.19. The Bertz CT molecular complexity index is 55.8. The highest BCUT2D eigenvalue weighted by Crippen LogP contribution is 1.70. The van der Waals surface area contributed by atoms with E-state index in [-0.39, 0.29) is 12.0 Å². The molecule has 0 saturated carbocycles. The lowest BCUT2D eigenvalue weighted by molar-refractivity contribution is 1.31. The molecule has 0 rings (SSSR count). The first-order chi connectivity index (χ1) is 2.77. The fraction of sp³-hybridized carbons (Fsp3) is 0.500. The predicted octanol–water partition coefficient (Wildman–Crippen LogP) is -0.544. The van der Waals surface area contributed by atoms with Crippen LogP contribution in [0.4, 0.5) is 0 Å². The van der Waals surface area contributed by atoms with E-state index in [0.29, 0.717) is 0 Å². The van der Waals surface area contributed by atoms with E-state index in [4.69, 9.17) is 23.1 Å². The maximum absolute atomic E-state index is 5.05. The largest absolute Gasteiger partial charge is 0.370 e. The molecule has 0 bridgehead atoms. The highest BCUT2D eigenvalue weighted by atomic mass is 35.5. The van der Waals surface area contributed by atoms with Crippen LogP contribution in [-0.2, 0) is 0 Å². The first kappa shape index (κ1) is 5.56. The van der Waals surface area contributed by atoms with Gasteiger partial charge in [0.15, 0.2) is 5.96 Å². The Kier molecular flexibility index (Phi) is 2.58. The molecule has 0 aliphatic heterocycles. The second-order valence-electron chi connectivity index (χ2n) is 0.703. The number of nitrogens with zero attached hydrogens (tertiary/aromatic N) is 1. The van der Waals surface area contributed by atoms with Gasteiger partial charge in [0.2, 0.25) is 0 Å². The quantitative estimate of drug-likeness (QED) is 0.205. The highest BCUT2D eigenvalue weighted by Gasteiger charge is 1.69. The number of hydrogen-bond acceptors (Lipinski definition) is 1. The van der Waals surface area contributed by atoms with Crippen LogP contribution in [0.5, 0.6) is 0 Å². The lowest BCUT2D eigenvalue weighted by atomic mass is 11.1. The molecule has 0 radical (unpaired) electrons. The van der Waals surface area contributed by atoms with Crippen molar-refractivity contribution in [2.45, 2.75) is 0 Å². The molecular weight excluding hydrogens is 101 g/mol. The monoisotopic (exact) mass is 107 g/mol. The Labute approximate surface area is 41.0 Å². The van der Waals surface area contributed by atoms with Crippen LogP contribution in [0.15, 0.2) is 4.99 Å². The van der Waals surface area contributed by atoms with Crippen LogP contribution >= 0.6 is 11.6 Å². The number of nitrogens with two attached hydrogens (primary N) is 2. The third kappa shape index (κ3) is 3.56. The van der Waals surface area contributed by atoms with Crippen LogP contribution < -0.4 is 11.5 Å². The van der Waals surface area contributed by atoms with Crippen LogP contribution in [0.2, 0.25) is 0 Å². The van der Waals surface area contributed by atoms with Crippen molar-refractivity contribution in [3.05, 3.63) is 0 Å². The van der Waals surface area contributed by atoms with Crippen molar-refractivity contribution in [3.8, 4) is 0 Å². The van der Waals surface area contributed by atoms with E-state index in [1.165, 1.54) is 0 Å². The molecule has 0 aromatic heterocycles. The number of hydrogen-bond donors (Lipinski definition) is 2. The summed E-state index contributed by atoms with van der Waals surface area (Å²) in [5.41, 5.74) is 9.69. The smallest absolute Gasteiger partial charge is 0.187 e. The maximum atomic E-state index is 5.05. The minimum Gasteiger partial charge on any atom is -0.370 e. The molecule has 36 valence electrons. The van der Waals surface area contributed by atoms with Gasteiger partial charge in [0.1, 0.15) is 6.00 Å². The number of halogens is 1. The zero-order chi connectivity index (χ0) is 4.99. The second-order valence-corrected chi connectivity index (χ2v) is 0.942. The van der Waals surface area contributed by atoms with E-state index in [2.05, 4.69) is 4.99 Å². The fourth-order valence-corrected chi connectivity index (χ4v) is 0.207. The fourth-order valence-electron chi connectivity index (χ4n) is 0.0690. The molecule has 0 fully saturated rings. The number of rotatable bonds is 1. The van der Waals surface area contributed by atoms with Gasteiger partial charge in [0, 0.05) is 0 Å². The second kappa shape index (κ2) is 2.78. The van der Waals surface area contributed by atoms with Gasteiger partial charge >= 0.3 is 0 Å². The molecule has 6 heavy (non-hydrogen) atoms. The molecule has 4 heteroatoms. The molecule has 0 aromatic carbocycles. The normalized spacial score (nSPS) is 7.50. The Balaban J connectivity index is 3.14. The van der Waals surface area contributed by atoms with Crippen LogP contribution in [0.25, 0.3) is 0 Å². The van der Waals surface area contributed by atoms with Gasteiger partial charge < -0.3 is 11.5 Å². The molecule has 0 aliphatic carbocycles. The van der Waals surface area contributed by atoms with E-state index in [0.717, 1.165) is 0 Å². The highest BCUT2D eigenvalue weighted by molar-refractivity contribution is 6.18. The van der Waals surface area contributed by atoms with Gasteiger partial charge in [-0.2, -0.15) is 0 Å². The average Bonchev–Trinajstić information content (AvgIpc) is 1.35. The van der Waals surface area contributed by atoms with Crippen molar-refractivity contribution >= 4 is 17.6 Å². The SMILES string of the molecule is NC(N)=NCCl. The van der Waals surface area contributed by atoms with Gasteiger partial charge in [-0.3, -0.25) is 0 Å². The summed E-state index contributed by atoms with van der Waals surface area (Å²) in [6.07, 6.45) is 0. The molecule has 0 atom stereocenters. The van der Waals surface area contributed by atoms with Crippen LogP contribution in [0, 0.1) is 0 Å². The summed E-state index contributed by atoms with van der Waals surface area (Å²) >= 11 is 5.05. The topological polar surface area (TPSA) is 64.4 Å². The molecular formula is C2H6ClN3. The third-order valence-electron chi connectivity index (χ3n) is 0.242. The van der Waals surface area contributed by atoms with E-state index in [1.807, 2.05) is 0 Å². The average molecular weight is 108 g/mol. The van der Waals surface area contributed by atoms with Crippen LogP contribution in [0.3, 0.4) is 0 Å².